The Kier molecular flexibility index (Phi) is 5.04. The number of ether oxygens (including phenoxy) is 1. The molecule has 0 saturated carbocycles. The van der Waals surface area contributed by atoms with Crippen LogP contribution in [-0.4, -0.2) is 65.8 Å². The first-order valence-electron chi connectivity index (χ1n) is 8.60. The van der Waals surface area contributed by atoms with Gasteiger partial charge < -0.3 is 15.4 Å². The molecule has 1 atom stereocenters. The molecule has 2 fully saturated rings. The molecule has 124 valence electrons. The van der Waals surface area contributed by atoms with E-state index in [0.29, 0.717) is 0 Å². The molecule has 2 saturated heterocycles. The highest BCUT2D eigenvalue weighted by molar-refractivity contribution is 5.01. The van der Waals surface area contributed by atoms with Crippen molar-refractivity contribution >= 4 is 0 Å². The SMILES string of the molecule is CCN1CCCC(CN)(N2CC(C)(C)OC(C)(C)C2)CC1. The molecule has 0 aromatic carbocycles. The first kappa shape index (κ1) is 17.2. The lowest BCUT2D eigenvalue weighted by atomic mass is 9.84. The highest BCUT2D eigenvalue weighted by Gasteiger charge is 2.46. The van der Waals surface area contributed by atoms with Gasteiger partial charge in [0, 0.05) is 25.2 Å². The Labute approximate surface area is 131 Å². The summed E-state index contributed by atoms with van der Waals surface area (Å²) in [5, 5.41) is 0. The average molecular weight is 297 g/mol. The minimum absolute atomic E-state index is 0.0966. The van der Waals surface area contributed by atoms with Crippen LogP contribution in [0.3, 0.4) is 0 Å². The van der Waals surface area contributed by atoms with Crippen LogP contribution in [0.15, 0.2) is 0 Å². The Morgan fingerprint density at radius 3 is 2.14 bits per heavy atom. The van der Waals surface area contributed by atoms with Crippen molar-refractivity contribution in [3.05, 3.63) is 0 Å². The number of rotatable bonds is 3. The molecular formula is C17H35N3O. The van der Waals surface area contributed by atoms with E-state index in [1.165, 1.54) is 32.4 Å². The predicted octanol–water partition coefficient (Wildman–Crippen LogP) is 2.08. The van der Waals surface area contributed by atoms with Gasteiger partial charge in [0.25, 0.3) is 0 Å². The minimum atomic E-state index is -0.0966. The molecule has 0 aromatic rings. The quantitative estimate of drug-likeness (QED) is 0.866. The van der Waals surface area contributed by atoms with Crippen molar-refractivity contribution < 1.29 is 4.74 Å². The lowest BCUT2D eigenvalue weighted by molar-refractivity contribution is -0.200. The van der Waals surface area contributed by atoms with Crippen molar-refractivity contribution in [2.45, 2.75) is 70.6 Å². The number of hydrogen-bond donors (Lipinski definition) is 1. The lowest BCUT2D eigenvalue weighted by Gasteiger charge is -2.54. The summed E-state index contributed by atoms with van der Waals surface area (Å²) < 4.78 is 6.25. The van der Waals surface area contributed by atoms with Gasteiger partial charge in [-0.05, 0) is 66.6 Å². The van der Waals surface area contributed by atoms with Crippen LogP contribution in [0.4, 0.5) is 0 Å². The van der Waals surface area contributed by atoms with E-state index >= 15 is 0 Å². The molecule has 2 aliphatic heterocycles. The standard InChI is InChI=1S/C17H35N3O/c1-6-19-10-7-8-17(12-18,9-11-19)20-13-15(2,3)21-16(4,5)14-20/h6-14,18H2,1-5H3. The molecular weight excluding hydrogens is 262 g/mol. The molecule has 2 heterocycles. The van der Waals surface area contributed by atoms with Gasteiger partial charge in [-0.2, -0.15) is 0 Å². The van der Waals surface area contributed by atoms with Gasteiger partial charge in [-0.25, -0.2) is 0 Å². The predicted molar refractivity (Wildman–Crippen MR) is 88.6 cm³/mol. The maximum absolute atomic E-state index is 6.30. The normalized spacial score (nSPS) is 34.6. The Morgan fingerprint density at radius 1 is 1.00 bits per heavy atom. The summed E-state index contributed by atoms with van der Waals surface area (Å²) in [6.45, 7) is 17.4. The summed E-state index contributed by atoms with van der Waals surface area (Å²) in [6, 6.07) is 0. The van der Waals surface area contributed by atoms with Crippen LogP contribution in [-0.2, 0) is 4.74 Å². The van der Waals surface area contributed by atoms with Crippen LogP contribution in [0.5, 0.6) is 0 Å². The van der Waals surface area contributed by atoms with Crippen LogP contribution >= 0.6 is 0 Å². The molecule has 2 aliphatic rings. The van der Waals surface area contributed by atoms with Crippen molar-refractivity contribution in [2.24, 2.45) is 5.73 Å². The van der Waals surface area contributed by atoms with Gasteiger partial charge in [-0.15, -0.1) is 0 Å². The van der Waals surface area contributed by atoms with Gasteiger partial charge in [0.2, 0.25) is 0 Å². The van der Waals surface area contributed by atoms with Gasteiger partial charge in [0.1, 0.15) is 0 Å². The first-order chi connectivity index (χ1) is 9.72. The summed E-state index contributed by atoms with van der Waals surface area (Å²) in [7, 11) is 0. The van der Waals surface area contributed by atoms with Crippen LogP contribution in [0.25, 0.3) is 0 Å². The van der Waals surface area contributed by atoms with Gasteiger partial charge >= 0.3 is 0 Å². The molecule has 0 bridgehead atoms. The van der Waals surface area contributed by atoms with Crippen molar-refractivity contribution in [1.82, 2.24) is 9.80 Å². The number of nitrogens with zero attached hydrogens (tertiary/aromatic N) is 2. The van der Waals surface area contributed by atoms with Crippen molar-refractivity contribution in [3.8, 4) is 0 Å². The lowest BCUT2D eigenvalue weighted by Crippen LogP contribution is -2.66. The van der Waals surface area contributed by atoms with Gasteiger partial charge in [0.05, 0.1) is 11.2 Å². The second-order valence-corrected chi connectivity index (χ2v) is 8.19. The number of likely N-dealkylation sites (tertiary alicyclic amines) is 1. The summed E-state index contributed by atoms with van der Waals surface area (Å²) in [5.41, 5.74) is 6.26. The molecule has 0 aromatic heterocycles. The molecule has 0 aliphatic carbocycles. The summed E-state index contributed by atoms with van der Waals surface area (Å²) in [6.07, 6.45) is 3.65. The molecule has 0 amide bonds. The summed E-state index contributed by atoms with van der Waals surface area (Å²) in [4.78, 5) is 5.21. The Balaban J connectivity index is 2.19. The van der Waals surface area contributed by atoms with E-state index in [0.717, 1.165) is 26.2 Å². The second kappa shape index (κ2) is 6.15. The monoisotopic (exact) mass is 297 g/mol. The maximum Gasteiger partial charge on any atom is 0.0761 e. The maximum atomic E-state index is 6.30. The summed E-state index contributed by atoms with van der Waals surface area (Å²) >= 11 is 0. The van der Waals surface area contributed by atoms with Crippen molar-refractivity contribution in [1.29, 1.82) is 0 Å². The molecule has 4 heteroatoms. The third-order valence-electron chi connectivity index (χ3n) is 5.20. The zero-order valence-corrected chi connectivity index (χ0v) is 14.7. The molecule has 2 N–H and O–H groups in total. The minimum Gasteiger partial charge on any atom is -0.367 e. The summed E-state index contributed by atoms with van der Waals surface area (Å²) in [5.74, 6) is 0. The fourth-order valence-corrected chi connectivity index (χ4v) is 4.32. The smallest absolute Gasteiger partial charge is 0.0761 e. The molecule has 2 rings (SSSR count). The molecule has 21 heavy (non-hydrogen) atoms. The third-order valence-corrected chi connectivity index (χ3v) is 5.20. The Bertz CT molecular complexity index is 340. The van der Waals surface area contributed by atoms with Crippen LogP contribution in [0.2, 0.25) is 0 Å². The van der Waals surface area contributed by atoms with E-state index in [4.69, 9.17) is 10.5 Å². The van der Waals surface area contributed by atoms with E-state index in [2.05, 4.69) is 44.4 Å². The van der Waals surface area contributed by atoms with Crippen LogP contribution in [0, 0.1) is 0 Å². The molecule has 0 radical (unpaired) electrons. The molecule has 1 unspecified atom stereocenters. The second-order valence-electron chi connectivity index (χ2n) is 8.19. The fraction of sp³-hybridized carbons (Fsp3) is 1.00. The molecule has 4 nitrogen and oxygen atoms in total. The van der Waals surface area contributed by atoms with Crippen LogP contribution in [0.1, 0.15) is 53.9 Å². The van der Waals surface area contributed by atoms with Gasteiger partial charge in [0.15, 0.2) is 0 Å². The largest absolute Gasteiger partial charge is 0.367 e. The fourth-order valence-electron chi connectivity index (χ4n) is 4.32. The van der Waals surface area contributed by atoms with E-state index in [1.807, 2.05) is 0 Å². The zero-order chi connectivity index (χ0) is 15.7. The van der Waals surface area contributed by atoms with Gasteiger partial charge in [-0.3, -0.25) is 4.90 Å². The van der Waals surface area contributed by atoms with E-state index in [-0.39, 0.29) is 16.7 Å². The topological polar surface area (TPSA) is 41.7 Å². The zero-order valence-electron chi connectivity index (χ0n) is 14.7. The highest BCUT2D eigenvalue weighted by Crippen LogP contribution is 2.36. The average Bonchev–Trinajstić information content (AvgIpc) is 2.57. The number of hydrogen-bond acceptors (Lipinski definition) is 4. The first-order valence-corrected chi connectivity index (χ1v) is 8.60. The molecule has 0 spiro atoms. The number of morpholine rings is 1. The van der Waals surface area contributed by atoms with Gasteiger partial charge in [-0.1, -0.05) is 6.92 Å². The van der Waals surface area contributed by atoms with E-state index in [1.54, 1.807) is 0 Å². The van der Waals surface area contributed by atoms with E-state index < -0.39 is 0 Å². The van der Waals surface area contributed by atoms with Crippen molar-refractivity contribution in [3.63, 3.8) is 0 Å². The Morgan fingerprint density at radius 2 is 1.62 bits per heavy atom. The number of nitrogens with two attached hydrogens (primary N) is 1. The third kappa shape index (κ3) is 3.98. The van der Waals surface area contributed by atoms with Crippen molar-refractivity contribution in [2.75, 3.05) is 39.3 Å². The van der Waals surface area contributed by atoms with Crippen LogP contribution < -0.4 is 5.73 Å². The Hall–Kier alpha value is -0.160. The highest BCUT2D eigenvalue weighted by atomic mass is 16.5. The van der Waals surface area contributed by atoms with E-state index in [9.17, 15) is 0 Å².